The summed E-state index contributed by atoms with van der Waals surface area (Å²) in [5.74, 6) is 1.11. The third-order valence-corrected chi connectivity index (χ3v) is 2.27. The highest BCUT2D eigenvalue weighted by Gasteiger charge is 2.06. The normalized spacial score (nSPS) is 10.1. The van der Waals surface area contributed by atoms with Crippen LogP contribution in [0.4, 0.5) is 0 Å². The Hall–Kier alpha value is -2.43. The highest BCUT2D eigenvalue weighted by atomic mass is 16.5. The Kier molecular flexibility index (Phi) is 3.75. The van der Waals surface area contributed by atoms with E-state index in [1.54, 1.807) is 31.2 Å². The lowest BCUT2D eigenvalue weighted by atomic mass is 10.2. The van der Waals surface area contributed by atoms with Crippen LogP contribution in [0.2, 0.25) is 0 Å². The summed E-state index contributed by atoms with van der Waals surface area (Å²) in [4.78, 5) is 15.6. The molecule has 19 heavy (non-hydrogen) atoms. The van der Waals surface area contributed by atoms with Crippen molar-refractivity contribution in [3.8, 4) is 17.1 Å². The number of carbonyl (C=O) groups excluding carboxylic acids is 1. The Bertz CT molecular complexity index is 608. The molecule has 2 aromatic rings. The van der Waals surface area contributed by atoms with Crippen molar-refractivity contribution in [2.24, 2.45) is 0 Å². The Balaban J connectivity index is 2.11. The van der Waals surface area contributed by atoms with Crippen molar-refractivity contribution in [2.45, 2.75) is 20.8 Å². The first kappa shape index (κ1) is 13.0. The van der Waals surface area contributed by atoms with Gasteiger partial charge in [0, 0.05) is 18.6 Å². The number of rotatable bonds is 3. The molecule has 0 saturated carbocycles. The van der Waals surface area contributed by atoms with Gasteiger partial charge in [-0.15, -0.1) is 0 Å². The molecule has 0 bridgehead atoms. The Morgan fingerprint density at radius 3 is 2.47 bits per heavy atom. The number of esters is 1. The van der Waals surface area contributed by atoms with Crippen molar-refractivity contribution in [1.82, 2.24) is 10.1 Å². The van der Waals surface area contributed by atoms with E-state index in [-0.39, 0.29) is 5.97 Å². The van der Waals surface area contributed by atoms with Crippen molar-refractivity contribution in [2.75, 3.05) is 0 Å². The van der Waals surface area contributed by atoms with E-state index in [0.29, 0.717) is 17.5 Å². The van der Waals surface area contributed by atoms with Crippen LogP contribution in [0.1, 0.15) is 19.7 Å². The van der Waals surface area contributed by atoms with Gasteiger partial charge in [-0.25, -0.2) is 4.79 Å². The second kappa shape index (κ2) is 5.48. The molecule has 0 radical (unpaired) electrons. The summed E-state index contributed by atoms with van der Waals surface area (Å²) in [5, 5.41) is 3.81. The number of hydrogen-bond acceptors (Lipinski definition) is 5. The van der Waals surface area contributed by atoms with Gasteiger partial charge in [-0.2, -0.15) is 4.98 Å². The zero-order valence-electron chi connectivity index (χ0n) is 11.0. The van der Waals surface area contributed by atoms with E-state index in [0.717, 1.165) is 11.1 Å². The number of benzene rings is 1. The molecule has 0 N–H and O–H groups in total. The van der Waals surface area contributed by atoms with Gasteiger partial charge in [-0.1, -0.05) is 10.7 Å². The van der Waals surface area contributed by atoms with E-state index < -0.39 is 0 Å². The van der Waals surface area contributed by atoms with Crippen LogP contribution in [-0.2, 0) is 4.79 Å². The van der Waals surface area contributed by atoms with E-state index in [4.69, 9.17) is 9.26 Å². The minimum atomic E-state index is -0.386. The smallest absolute Gasteiger partial charge is 0.336 e. The van der Waals surface area contributed by atoms with Crippen LogP contribution < -0.4 is 4.74 Å². The van der Waals surface area contributed by atoms with Crippen molar-refractivity contribution in [3.63, 3.8) is 0 Å². The summed E-state index contributed by atoms with van der Waals surface area (Å²) in [5.41, 5.74) is 1.70. The highest BCUT2D eigenvalue weighted by molar-refractivity contribution is 5.84. The Morgan fingerprint density at radius 1 is 1.26 bits per heavy atom. The Labute approximate surface area is 110 Å². The average molecular weight is 258 g/mol. The average Bonchev–Trinajstić information content (AvgIpc) is 2.75. The van der Waals surface area contributed by atoms with Crippen LogP contribution in [0.5, 0.6) is 5.75 Å². The van der Waals surface area contributed by atoms with Crippen molar-refractivity contribution in [1.29, 1.82) is 0 Å². The zero-order valence-corrected chi connectivity index (χ0v) is 11.0. The largest absolute Gasteiger partial charge is 0.423 e. The fourth-order valence-corrected chi connectivity index (χ4v) is 1.47. The molecule has 0 aliphatic rings. The molecule has 0 spiro atoms. The molecule has 0 saturated heterocycles. The topological polar surface area (TPSA) is 65.2 Å². The number of ether oxygens (including phenoxy) is 1. The minimum absolute atomic E-state index is 0.386. The number of allylic oxidation sites excluding steroid dienone is 1. The molecule has 0 aliphatic heterocycles. The first-order chi connectivity index (χ1) is 9.04. The summed E-state index contributed by atoms with van der Waals surface area (Å²) in [7, 11) is 0. The predicted octanol–water partition coefficient (Wildman–Crippen LogP) is 2.92. The maximum absolute atomic E-state index is 11.4. The predicted molar refractivity (Wildman–Crippen MR) is 69.5 cm³/mol. The molecule has 0 amide bonds. The molecule has 1 heterocycles. The Morgan fingerprint density at radius 2 is 1.95 bits per heavy atom. The number of aromatic nitrogens is 2. The van der Waals surface area contributed by atoms with E-state index >= 15 is 0 Å². The van der Waals surface area contributed by atoms with Crippen LogP contribution >= 0.6 is 0 Å². The lowest BCUT2D eigenvalue weighted by Crippen LogP contribution is -2.04. The number of aryl methyl sites for hydroxylation is 1. The van der Waals surface area contributed by atoms with E-state index in [2.05, 4.69) is 10.1 Å². The van der Waals surface area contributed by atoms with Gasteiger partial charge in [0.2, 0.25) is 11.7 Å². The molecule has 98 valence electrons. The molecular formula is C14H14N2O3. The quantitative estimate of drug-likeness (QED) is 0.481. The molecule has 0 unspecified atom stereocenters. The summed E-state index contributed by atoms with van der Waals surface area (Å²) in [6.45, 7) is 5.40. The van der Waals surface area contributed by atoms with Gasteiger partial charge in [0.1, 0.15) is 5.75 Å². The van der Waals surface area contributed by atoms with Gasteiger partial charge < -0.3 is 9.26 Å². The third kappa shape index (κ3) is 3.51. The molecular weight excluding hydrogens is 244 g/mol. The lowest BCUT2D eigenvalue weighted by molar-refractivity contribution is -0.129. The summed E-state index contributed by atoms with van der Waals surface area (Å²) in [6, 6.07) is 6.93. The van der Waals surface area contributed by atoms with Crippen molar-refractivity contribution < 1.29 is 14.1 Å². The zero-order chi connectivity index (χ0) is 13.8. The van der Waals surface area contributed by atoms with Crippen LogP contribution in [0.3, 0.4) is 0 Å². The number of nitrogens with zero attached hydrogens (tertiary/aromatic N) is 2. The highest BCUT2D eigenvalue weighted by Crippen LogP contribution is 2.20. The summed E-state index contributed by atoms with van der Waals surface area (Å²) >= 11 is 0. The molecule has 2 rings (SSSR count). The van der Waals surface area contributed by atoms with Gasteiger partial charge in [-0.3, -0.25) is 0 Å². The van der Waals surface area contributed by atoms with E-state index in [9.17, 15) is 4.79 Å². The van der Waals surface area contributed by atoms with Crippen molar-refractivity contribution >= 4 is 5.97 Å². The van der Waals surface area contributed by atoms with Gasteiger partial charge >= 0.3 is 5.97 Å². The van der Waals surface area contributed by atoms with Gasteiger partial charge in [-0.05, 0) is 38.1 Å². The maximum Gasteiger partial charge on any atom is 0.336 e. The first-order valence-electron chi connectivity index (χ1n) is 5.82. The van der Waals surface area contributed by atoms with E-state index in [1.165, 1.54) is 6.08 Å². The lowest BCUT2D eigenvalue weighted by Gasteiger charge is -2.02. The molecule has 0 atom stereocenters. The summed E-state index contributed by atoms with van der Waals surface area (Å²) in [6.07, 6.45) is 1.44. The van der Waals surface area contributed by atoms with Crippen molar-refractivity contribution in [3.05, 3.63) is 41.8 Å². The first-order valence-corrected chi connectivity index (χ1v) is 5.82. The molecule has 1 aromatic heterocycles. The van der Waals surface area contributed by atoms with Crippen LogP contribution in [0, 0.1) is 6.92 Å². The SMILES string of the molecule is CC(C)=CC(=O)Oc1ccc(-c2noc(C)n2)cc1. The number of carbonyl (C=O) groups is 1. The minimum Gasteiger partial charge on any atom is -0.423 e. The van der Waals surface area contributed by atoms with Gasteiger partial charge in [0.25, 0.3) is 0 Å². The number of hydrogen-bond donors (Lipinski definition) is 0. The van der Waals surface area contributed by atoms with E-state index in [1.807, 2.05) is 13.8 Å². The standard InChI is InChI=1S/C14H14N2O3/c1-9(2)8-13(17)18-12-6-4-11(5-7-12)14-15-10(3)19-16-14/h4-8H,1-3H3. The monoisotopic (exact) mass is 258 g/mol. The molecule has 5 heteroatoms. The fourth-order valence-electron chi connectivity index (χ4n) is 1.47. The second-order valence-corrected chi connectivity index (χ2v) is 4.30. The second-order valence-electron chi connectivity index (χ2n) is 4.30. The van der Waals surface area contributed by atoms with Gasteiger partial charge in [0.05, 0.1) is 0 Å². The molecule has 0 aliphatic carbocycles. The van der Waals surface area contributed by atoms with Crippen LogP contribution in [-0.4, -0.2) is 16.1 Å². The van der Waals surface area contributed by atoms with Crippen LogP contribution in [0.25, 0.3) is 11.4 Å². The fraction of sp³-hybridized carbons (Fsp3) is 0.214. The molecule has 1 aromatic carbocycles. The van der Waals surface area contributed by atoms with Crippen LogP contribution in [0.15, 0.2) is 40.4 Å². The third-order valence-electron chi connectivity index (χ3n) is 2.27. The molecule has 0 fully saturated rings. The summed E-state index contributed by atoms with van der Waals surface area (Å²) < 4.78 is 10.0. The molecule has 5 nitrogen and oxygen atoms in total. The van der Waals surface area contributed by atoms with Gasteiger partial charge in [0.15, 0.2) is 0 Å². The maximum atomic E-state index is 11.4.